The van der Waals surface area contributed by atoms with Gasteiger partial charge in [0.15, 0.2) is 0 Å². The van der Waals surface area contributed by atoms with E-state index in [1.54, 1.807) is 11.3 Å². The summed E-state index contributed by atoms with van der Waals surface area (Å²) < 4.78 is 0. The van der Waals surface area contributed by atoms with E-state index in [-0.39, 0.29) is 0 Å². The third-order valence-electron chi connectivity index (χ3n) is 2.82. The molecule has 1 N–H and O–H groups in total. The number of aromatic nitrogens is 2. The molecule has 2 rings (SSSR count). The molecule has 4 heteroatoms. The van der Waals surface area contributed by atoms with Gasteiger partial charge < -0.3 is 5.32 Å². The number of rotatable bonds is 3. The van der Waals surface area contributed by atoms with E-state index in [1.807, 2.05) is 7.05 Å². The lowest BCUT2D eigenvalue weighted by atomic mass is 10.1. The molecular formula is C13H17N3S. The van der Waals surface area contributed by atoms with Crippen LogP contribution in [0, 0.1) is 13.8 Å². The summed E-state index contributed by atoms with van der Waals surface area (Å²) in [4.78, 5) is 10.4. The molecule has 0 atom stereocenters. The van der Waals surface area contributed by atoms with Crippen LogP contribution in [0.4, 0.5) is 5.82 Å². The monoisotopic (exact) mass is 247 g/mol. The average Bonchev–Trinajstić information content (AvgIpc) is 2.76. The van der Waals surface area contributed by atoms with E-state index < -0.39 is 0 Å². The van der Waals surface area contributed by atoms with Gasteiger partial charge >= 0.3 is 0 Å². The normalized spacial score (nSPS) is 10.6. The van der Waals surface area contributed by atoms with Gasteiger partial charge in [-0.2, -0.15) is 0 Å². The standard InChI is InChI=1S/C13H17N3S/c1-5-10-15-11(9(3)13(14-4)16-10)12-8(2)6-7-17-12/h6-7H,5H2,1-4H3,(H,14,15,16). The van der Waals surface area contributed by atoms with Crippen molar-refractivity contribution in [2.75, 3.05) is 12.4 Å². The van der Waals surface area contributed by atoms with Crippen LogP contribution >= 0.6 is 11.3 Å². The largest absolute Gasteiger partial charge is 0.373 e. The summed E-state index contributed by atoms with van der Waals surface area (Å²) in [5.74, 6) is 1.82. The minimum absolute atomic E-state index is 0.854. The van der Waals surface area contributed by atoms with Crippen LogP contribution in [0.3, 0.4) is 0 Å². The summed E-state index contributed by atoms with van der Waals surface area (Å²) in [5.41, 5.74) is 3.46. The van der Waals surface area contributed by atoms with Crippen LogP contribution < -0.4 is 5.32 Å². The lowest BCUT2D eigenvalue weighted by molar-refractivity contribution is 0.936. The van der Waals surface area contributed by atoms with Crippen molar-refractivity contribution in [2.24, 2.45) is 0 Å². The van der Waals surface area contributed by atoms with Crippen LogP contribution in [0.5, 0.6) is 0 Å². The quantitative estimate of drug-likeness (QED) is 0.903. The van der Waals surface area contributed by atoms with Crippen molar-refractivity contribution in [3.05, 3.63) is 28.4 Å². The highest BCUT2D eigenvalue weighted by Crippen LogP contribution is 2.32. The Labute approximate surface area is 106 Å². The van der Waals surface area contributed by atoms with Gasteiger partial charge in [0.05, 0.1) is 10.6 Å². The van der Waals surface area contributed by atoms with E-state index in [2.05, 4.69) is 47.5 Å². The van der Waals surface area contributed by atoms with Gasteiger partial charge in [0.2, 0.25) is 0 Å². The van der Waals surface area contributed by atoms with E-state index in [4.69, 9.17) is 0 Å². The van der Waals surface area contributed by atoms with Crippen molar-refractivity contribution in [2.45, 2.75) is 27.2 Å². The second-order valence-electron chi connectivity index (χ2n) is 4.00. The molecule has 0 amide bonds. The third-order valence-corrected chi connectivity index (χ3v) is 3.85. The van der Waals surface area contributed by atoms with Crippen molar-refractivity contribution in [1.29, 1.82) is 0 Å². The molecule has 2 aromatic heterocycles. The first-order chi connectivity index (χ1) is 8.17. The number of anilines is 1. The fraction of sp³-hybridized carbons (Fsp3) is 0.385. The molecule has 0 saturated carbocycles. The highest BCUT2D eigenvalue weighted by atomic mass is 32.1. The van der Waals surface area contributed by atoms with Crippen LogP contribution in [0.2, 0.25) is 0 Å². The Morgan fingerprint density at radius 1 is 1.29 bits per heavy atom. The molecule has 0 saturated heterocycles. The SMILES string of the molecule is CCc1nc(NC)c(C)c(-c2sccc2C)n1. The van der Waals surface area contributed by atoms with Crippen molar-refractivity contribution < 1.29 is 0 Å². The Morgan fingerprint density at radius 2 is 2.06 bits per heavy atom. The van der Waals surface area contributed by atoms with E-state index in [9.17, 15) is 0 Å². The molecule has 0 fully saturated rings. The molecule has 3 nitrogen and oxygen atoms in total. The van der Waals surface area contributed by atoms with Gasteiger partial charge in [0.25, 0.3) is 0 Å². The molecule has 0 spiro atoms. The predicted octanol–water partition coefficient (Wildman–Crippen LogP) is 3.43. The number of thiophene rings is 1. The summed E-state index contributed by atoms with van der Waals surface area (Å²) in [6.45, 7) is 6.27. The molecule has 2 aromatic rings. The molecule has 17 heavy (non-hydrogen) atoms. The van der Waals surface area contributed by atoms with E-state index >= 15 is 0 Å². The fourth-order valence-electron chi connectivity index (χ4n) is 1.80. The van der Waals surface area contributed by atoms with Crippen LogP contribution in [-0.4, -0.2) is 17.0 Å². The number of hydrogen-bond acceptors (Lipinski definition) is 4. The van der Waals surface area contributed by atoms with Gasteiger partial charge in [-0.05, 0) is 30.9 Å². The minimum atomic E-state index is 0.854. The van der Waals surface area contributed by atoms with Crippen LogP contribution in [0.15, 0.2) is 11.4 Å². The maximum absolute atomic E-state index is 4.66. The molecule has 2 heterocycles. The number of nitrogens with one attached hydrogen (secondary N) is 1. The Hall–Kier alpha value is -1.42. The number of hydrogen-bond donors (Lipinski definition) is 1. The second kappa shape index (κ2) is 4.84. The first-order valence-electron chi connectivity index (χ1n) is 5.77. The van der Waals surface area contributed by atoms with E-state index in [0.29, 0.717) is 0 Å². The first-order valence-corrected chi connectivity index (χ1v) is 6.65. The van der Waals surface area contributed by atoms with Crippen molar-refractivity contribution in [1.82, 2.24) is 9.97 Å². The predicted molar refractivity (Wildman–Crippen MR) is 73.7 cm³/mol. The maximum Gasteiger partial charge on any atom is 0.133 e. The lowest BCUT2D eigenvalue weighted by Gasteiger charge is -2.11. The molecular weight excluding hydrogens is 230 g/mol. The topological polar surface area (TPSA) is 37.8 Å². The summed E-state index contributed by atoms with van der Waals surface area (Å²) in [7, 11) is 1.90. The third kappa shape index (κ3) is 2.17. The van der Waals surface area contributed by atoms with Gasteiger partial charge in [-0.1, -0.05) is 6.92 Å². The molecule has 90 valence electrons. The lowest BCUT2D eigenvalue weighted by Crippen LogP contribution is -2.04. The molecule has 0 aromatic carbocycles. The zero-order valence-corrected chi connectivity index (χ0v) is 11.5. The zero-order valence-electron chi connectivity index (χ0n) is 10.7. The zero-order chi connectivity index (χ0) is 12.4. The Bertz CT molecular complexity index is 531. The van der Waals surface area contributed by atoms with E-state index in [1.165, 1.54) is 10.4 Å². The Kier molecular flexibility index (Phi) is 3.43. The van der Waals surface area contributed by atoms with Crippen LogP contribution in [0.25, 0.3) is 10.6 Å². The molecule has 0 bridgehead atoms. The van der Waals surface area contributed by atoms with Gasteiger partial charge in [0.1, 0.15) is 11.6 Å². The summed E-state index contributed by atoms with van der Waals surface area (Å²) in [6.07, 6.45) is 0.854. The van der Waals surface area contributed by atoms with Crippen molar-refractivity contribution in [3.63, 3.8) is 0 Å². The summed E-state index contributed by atoms with van der Waals surface area (Å²) >= 11 is 1.74. The maximum atomic E-state index is 4.66. The highest BCUT2D eigenvalue weighted by molar-refractivity contribution is 7.13. The van der Waals surface area contributed by atoms with E-state index in [0.717, 1.165) is 29.3 Å². The van der Waals surface area contributed by atoms with Crippen LogP contribution in [-0.2, 0) is 6.42 Å². The van der Waals surface area contributed by atoms with Gasteiger partial charge in [-0.25, -0.2) is 9.97 Å². The van der Waals surface area contributed by atoms with Gasteiger partial charge in [-0.3, -0.25) is 0 Å². The fourth-order valence-corrected chi connectivity index (χ4v) is 2.77. The molecule has 0 aliphatic heterocycles. The highest BCUT2D eigenvalue weighted by Gasteiger charge is 2.13. The molecule has 0 unspecified atom stereocenters. The summed E-state index contributed by atoms with van der Waals surface area (Å²) in [5, 5.41) is 5.25. The van der Waals surface area contributed by atoms with Gasteiger partial charge in [0, 0.05) is 19.0 Å². The Balaban J connectivity index is 2.64. The number of nitrogens with zero attached hydrogens (tertiary/aromatic N) is 2. The molecule has 0 aliphatic carbocycles. The van der Waals surface area contributed by atoms with Crippen molar-refractivity contribution in [3.8, 4) is 10.6 Å². The molecule has 0 aliphatic rings. The van der Waals surface area contributed by atoms with Gasteiger partial charge in [-0.15, -0.1) is 11.3 Å². The minimum Gasteiger partial charge on any atom is -0.373 e. The Morgan fingerprint density at radius 3 is 2.59 bits per heavy atom. The van der Waals surface area contributed by atoms with Crippen molar-refractivity contribution >= 4 is 17.2 Å². The van der Waals surface area contributed by atoms with Crippen LogP contribution in [0.1, 0.15) is 23.9 Å². The molecule has 0 radical (unpaired) electrons. The smallest absolute Gasteiger partial charge is 0.133 e. The summed E-state index contributed by atoms with van der Waals surface area (Å²) in [6, 6.07) is 2.13. The number of aryl methyl sites for hydroxylation is 2. The average molecular weight is 247 g/mol. The second-order valence-corrected chi connectivity index (χ2v) is 4.91. The first kappa shape index (κ1) is 12.0.